The lowest BCUT2D eigenvalue weighted by molar-refractivity contribution is -0.122. The molecule has 0 radical (unpaired) electrons. The molecule has 0 aliphatic carbocycles. The summed E-state index contributed by atoms with van der Waals surface area (Å²) >= 11 is 0. The highest BCUT2D eigenvalue weighted by molar-refractivity contribution is 5.75. The fourth-order valence-corrected chi connectivity index (χ4v) is 2.23. The zero-order valence-electron chi connectivity index (χ0n) is 13.2. The van der Waals surface area contributed by atoms with Crippen molar-refractivity contribution < 1.29 is 9.18 Å². The van der Waals surface area contributed by atoms with E-state index < -0.39 is 0 Å². The summed E-state index contributed by atoms with van der Waals surface area (Å²) in [6.45, 7) is 0.0524. The SMILES string of the molecule is O=C(Cn1nc(-c2ccncc2)ccc1=O)NCc1ccc(F)cc1. The van der Waals surface area contributed by atoms with Crippen LogP contribution in [0.25, 0.3) is 11.3 Å². The molecule has 0 unspecified atom stereocenters. The fraction of sp³-hybridized carbons (Fsp3) is 0.111. The van der Waals surface area contributed by atoms with E-state index in [0.717, 1.165) is 15.8 Å². The van der Waals surface area contributed by atoms with Crippen molar-refractivity contribution in [2.45, 2.75) is 13.1 Å². The van der Waals surface area contributed by atoms with Crippen LogP contribution in [-0.2, 0) is 17.9 Å². The second-order valence-electron chi connectivity index (χ2n) is 5.35. The summed E-state index contributed by atoms with van der Waals surface area (Å²) in [5.74, 6) is -0.690. The molecule has 3 rings (SSSR count). The van der Waals surface area contributed by atoms with Gasteiger partial charge in [0.05, 0.1) is 5.69 Å². The van der Waals surface area contributed by atoms with Gasteiger partial charge < -0.3 is 5.32 Å². The van der Waals surface area contributed by atoms with E-state index in [1.54, 1.807) is 42.7 Å². The van der Waals surface area contributed by atoms with Gasteiger partial charge in [-0.2, -0.15) is 5.10 Å². The van der Waals surface area contributed by atoms with E-state index in [9.17, 15) is 14.0 Å². The third kappa shape index (κ3) is 4.35. The third-order valence-corrected chi connectivity index (χ3v) is 3.54. The van der Waals surface area contributed by atoms with Gasteiger partial charge in [-0.3, -0.25) is 14.6 Å². The average Bonchev–Trinajstić information content (AvgIpc) is 2.64. The van der Waals surface area contributed by atoms with Crippen molar-refractivity contribution in [2.24, 2.45) is 0 Å². The number of amides is 1. The Morgan fingerprint density at radius 1 is 1.04 bits per heavy atom. The quantitative estimate of drug-likeness (QED) is 0.769. The van der Waals surface area contributed by atoms with Crippen molar-refractivity contribution in [2.75, 3.05) is 0 Å². The van der Waals surface area contributed by atoms with E-state index in [-0.39, 0.29) is 30.4 Å². The Kier molecular flexibility index (Phi) is 4.94. The third-order valence-electron chi connectivity index (χ3n) is 3.54. The first-order valence-corrected chi connectivity index (χ1v) is 7.61. The number of hydrogen-bond donors (Lipinski definition) is 1. The number of nitrogens with one attached hydrogen (secondary N) is 1. The molecule has 2 aromatic heterocycles. The number of rotatable bonds is 5. The Bertz CT molecular complexity index is 924. The van der Waals surface area contributed by atoms with Crippen molar-refractivity contribution in [3.05, 3.63) is 82.7 Å². The molecule has 0 bridgehead atoms. The van der Waals surface area contributed by atoms with Gasteiger partial charge in [-0.25, -0.2) is 9.07 Å². The number of halogens is 1. The summed E-state index contributed by atoms with van der Waals surface area (Å²) in [6, 6.07) is 12.3. The molecule has 6 nitrogen and oxygen atoms in total. The lowest BCUT2D eigenvalue weighted by atomic mass is 10.2. The van der Waals surface area contributed by atoms with Crippen LogP contribution in [-0.4, -0.2) is 20.7 Å². The van der Waals surface area contributed by atoms with Gasteiger partial charge in [-0.05, 0) is 35.9 Å². The molecule has 0 spiro atoms. The van der Waals surface area contributed by atoms with Gasteiger partial charge in [0, 0.05) is 30.6 Å². The number of nitrogens with zero attached hydrogens (tertiary/aromatic N) is 3. The number of carbonyl (C=O) groups excluding carboxylic acids is 1. The molecule has 3 aromatic rings. The molecule has 1 amide bonds. The van der Waals surface area contributed by atoms with Crippen molar-refractivity contribution >= 4 is 5.91 Å². The van der Waals surface area contributed by atoms with Crippen LogP contribution in [0.5, 0.6) is 0 Å². The van der Waals surface area contributed by atoms with Gasteiger partial charge in [-0.15, -0.1) is 0 Å². The molecule has 0 saturated carbocycles. The van der Waals surface area contributed by atoms with Crippen molar-refractivity contribution in [1.29, 1.82) is 0 Å². The van der Waals surface area contributed by atoms with Gasteiger partial charge >= 0.3 is 0 Å². The fourth-order valence-electron chi connectivity index (χ4n) is 2.23. The van der Waals surface area contributed by atoms with Crippen molar-refractivity contribution in [3.63, 3.8) is 0 Å². The highest BCUT2D eigenvalue weighted by Crippen LogP contribution is 2.12. The van der Waals surface area contributed by atoms with Crippen molar-refractivity contribution in [1.82, 2.24) is 20.1 Å². The predicted octanol–water partition coefficient (Wildman–Crippen LogP) is 1.76. The number of carbonyl (C=O) groups is 1. The molecule has 0 fully saturated rings. The van der Waals surface area contributed by atoms with Crippen LogP contribution in [0.2, 0.25) is 0 Å². The first-order chi connectivity index (χ1) is 12.1. The van der Waals surface area contributed by atoms with E-state index >= 15 is 0 Å². The molecule has 7 heteroatoms. The topological polar surface area (TPSA) is 76.9 Å². The summed E-state index contributed by atoms with van der Waals surface area (Å²) in [7, 11) is 0. The molecule has 0 aliphatic rings. The zero-order valence-corrected chi connectivity index (χ0v) is 13.2. The molecule has 0 atom stereocenters. The summed E-state index contributed by atoms with van der Waals surface area (Å²) in [4.78, 5) is 27.9. The minimum absolute atomic E-state index is 0.195. The zero-order chi connectivity index (χ0) is 17.6. The maximum absolute atomic E-state index is 12.9. The second-order valence-corrected chi connectivity index (χ2v) is 5.35. The Hall–Kier alpha value is -3.35. The van der Waals surface area contributed by atoms with Crippen LogP contribution >= 0.6 is 0 Å². The van der Waals surface area contributed by atoms with Crippen LogP contribution < -0.4 is 10.9 Å². The number of aromatic nitrogens is 3. The Morgan fingerprint density at radius 3 is 2.48 bits per heavy atom. The highest BCUT2D eigenvalue weighted by atomic mass is 19.1. The van der Waals surface area contributed by atoms with Gasteiger partial charge in [0.15, 0.2) is 0 Å². The van der Waals surface area contributed by atoms with Crippen LogP contribution in [0.4, 0.5) is 4.39 Å². The highest BCUT2D eigenvalue weighted by Gasteiger charge is 2.08. The van der Waals surface area contributed by atoms with E-state index in [2.05, 4.69) is 15.4 Å². The second kappa shape index (κ2) is 7.48. The molecule has 2 heterocycles. The Morgan fingerprint density at radius 2 is 1.76 bits per heavy atom. The lowest BCUT2D eigenvalue weighted by Crippen LogP contribution is -2.33. The minimum Gasteiger partial charge on any atom is -0.350 e. The molecule has 0 aliphatic heterocycles. The molecule has 1 aromatic carbocycles. The Balaban J connectivity index is 1.68. The normalized spacial score (nSPS) is 10.4. The maximum Gasteiger partial charge on any atom is 0.267 e. The average molecular weight is 338 g/mol. The first kappa shape index (κ1) is 16.5. The molecule has 1 N–H and O–H groups in total. The molecule has 0 saturated heterocycles. The summed E-state index contributed by atoms with van der Waals surface area (Å²) in [5, 5.41) is 6.90. The molecular weight excluding hydrogens is 323 g/mol. The number of benzene rings is 1. The summed E-state index contributed by atoms with van der Waals surface area (Å²) in [6.07, 6.45) is 3.25. The maximum atomic E-state index is 12.9. The van der Waals surface area contributed by atoms with Gasteiger partial charge in [0.1, 0.15) is 12.4 Å². The van der Waals surface area contributed by atoms with E-state index in [4.69, 9.17) is 0 Å². The first-order valence-electron chi connectivity index (χ1n) is 7.61. The van der Waals surface area contributed by atoms with Crippen LogP contribution in [0.3, 0.4) is 0 Å². The van der Waals surface area contributed by atoms with Crippen LogP contribution in [0.15, 0.2) is 65.7 Å². The van der Waals surface area contributed by atoms with Crippen LogP contribution in [0.1, 0.15) is 5.56 Å². The monoisotopic (exact) mass is 338 g/mol. The molecule has 126 valence electrons. The van der Waals surface area contributed by atoms with Crippen molar-refractivity contribution in [3.8, 4) is 11.3 Å². The van der Waals surface area contributed by atoms with Gasteiger partial charge in [0.25, 0.3) is 5.56 Å². The lowest BCUT2D eigenvalue weighted by Gasteiger charge is -2.08. The van der Waals surface area contributed by atoms with Gasteiger partial charge in [-0.1, -0.05) is 12.1 Å². The van der Waals surface area contributed by atoms with E-state index in [1.807, 2.05) is 0 Å². The summed E-state index contributed by atoms with van der Waals surface area (Å²) < 4.78 is 14.0. The molecule has 25 heavy (non-hydrogen) atoms. The van der Waals surface area contributed by atoms with E-state index in [0.29, 0.717) is 5.69 Å². The smallest absolute Gasteiger partial charge is 0.267 e. The predicted molar refractivity (Wildman–Crippen MR) is 90.0 cm³/mol. The molecular formula is C18H15FN4O2. The van der Waals surface area contributed by atoms with E-state index in [1.165, 1.54) is 18.2 Å². The number of hydrogen-bond acceptors (Lipinski definition) is 4. The Labute approximate surface area is 143 Å². The standard InChI is InChI=1S/C18H15FN4O2/c19-15-3-1-13(2-4-15)11-21-17(24)12-23-18(25)6-5-16(22-23)14-7-9-20-10-8-14/h1-10H,11-12H2,(H,21,24). The largest absolute Gasteiger partial charge is 0.350 e. The number of pyridine rings is 1. The van der Waals surface area contributed by atoms with Crippen LogP contribution in [0, 0.1) is 5.82 Å². The summed E-state index contributed by atoms with van der Waals surface area (Å²) in [5.41, 5.74) is 1.78. The minimum atomic E-state index is -0.366. The van der Waals surface area contributed by atoms with Gasteiger partial charge in [0.2, 0.25) is 5.91 Å².